The molecule has 0 aliphatic carbocycles. The van der Waals surface area contributed by atoms with Crippen LogP contribution in [0, 0.1) is 5.92 Å². The molecular formula is C15H22N2O2. The van der Waals surface area contributed by atoms with Gasteiger partial charge in [0.05, 0.1) is 12.5 Å². The van der Waals surface area contributed by atoms with E-state index in [1.807, 2.05) is 12.1 Å². The quantitative estimate of drug-likeness (QED) is 0.840. The zero-order valence-electron chi connectivity index (χ0n) is 11.6. The Hall–Kier alpha value is -1.39. The van der Waals surface area contributed by atoms with Gasteiger partial charge in [0.2, 0.25) is 5.91 Å². The summed E-state index contributed by atoms with van der Waals surface area (Å²) in [7, 11) is 1.68. The van der Waals surface area contributed by atoms with Gasteiger partial charge in [0.1, 0.15) is 0 Å². The molecule has 0 bridgehead atoms. The Morgan fingerprint density at radius 2 is 2.32 bits per heavy atom. The van der Waals surface area contributed by atoms with Crippen LogP contribution >= 0.6 is 0 Å². The number of fused-ring (bicyclic) bond motifs is 1. The Labute approximate surface area is 114 Å². The van der Waals surface area contributed by atoms with E-state index in [2.05, 4.69) is 29.7 Å². The normalized spacial score (nSPS) is 19.6. The molecule has 1 amide bonds. The Kier molecular flexibility index (Phi) is 4.93. The zero-order chi connectivity index (χ0) is 13.7. The van der Waals surface area contributed by atoms with E-state index >= 15 is 0 Å². The van der Waals surface area contributed by atoms with E-state index in [1.54, 1.807) is 7.11 Å². The number of nitrogens with one attached hydrogen (secondary N) is 2. The van der Waals surface area contributed by atoms with Crippen molar-refractivity contribution in [1.82, 2.24) is 10.6 Å². The van der Waals surface area contributed by atoms with Gasteiger partial charge in [-0.3, -0.25) is 4.79 Å². The third-order valence-corrected chi connectivity index (χ3v) is 3.49. The molecule has 0 radical (unpaired) electrons. The second-order valence-corrected chi connectivity index (χ2v) is 5.19. The lowest BCUT2D eigenvalue weighted by Crippen LogP contribution is -2.40. The van der Waals surface area contributed by atoms with Crippen LogP contribution in [-0.4, -0.2) is 32.7 Å². The van der Waals surface area contributed by atoms with Crippen LogP contribution < -0.4 is 10.6 Å². The lowest BCUT2D eigenvalue weighted by Gasteiger charge is -2.26. The van der Waals surface area contributed by atoms with Gasteiger partial charge in [-0.1, -0.05) is 31.2 Å². The molecule has 19 heavy (non-hydrogen) atoms. The smallest absolute Gasteiger partial charge is 0.228 e. The summed E-state index contributed by atoms with van der Waals surface area (Å²) in [6, 6.07) is 8.15. The molecule has 1 aliphatic rings. The van der Waals surface area contributed by atoms with Crippen LogP contribution in [0.5, 0.6) is 0 Å². The number of amides is 1. The number of carbonyl (C=O) groups excluding carboxylic acids is 1. The minimum Gasteiger partial charge on any atom is -0.384 e. The molecule has 2 rings (SSSR count). The summed E-state index contributed by atoms with van der Waals surface area (Å²) in [5.41, 5.74) is 2.37. The van der Waals surface area contributed by atoms with Crippen molar-refractivity contribution < 1.29 is 9.53 Å². The summed E-state index contributed by atoms with van der Waals surface area (Å²) in [6.07, 6.45) is 0. The number of hydrogen-bond donors (Lipinski definition) is 2. The molecule has 1 aromatic rings. The molecule has 0 saturated carbocycles. The number of hydrogen-bond acceptors (Lipinski definition) is 3. The largest absolute Gasteiger partial charge is 0.384 e. The highest BCUT2D eigenvalue weighted by Crippen LogP contribution is 2.23. The molecule has 2 unspecified atom stereocenters. The highest BCUT2D eigenvalue weighted by molar-refractivity contribution is 5.84. The maximum Gasteiger partial charge on any atom is 0.228 e. The second-order valence-electron chi connectivity index (χ2n) is 5.19. The van der Waals surface area contributed by atoms with E-state index in [-0.39, 0.29) is 11.8 Å². The fourth-order valence-electron chi connectivity index (χ4n) is 2.47. The van der Waals surface area contributed by atoms with Crippen LogP contribution in [0.4, 0.5) is 0 Å². The molecule has 2 atom stereocenters. The van der Waals surface area contributed by atoms with Crippen LogP contribution in [0.15, 0.2) is 24.3 Å². The van der Waals surface area contributed by atoms with E-state index < -0.39 is 0 Å². The fraction of sp³-hybridized carbons (Fsp3) is 0.533. The first kappa shape index (κ1) is 14.0. The monoisotopic (exact) mass is 262 g/mol. The summed E-state index contributed by atoms with van der Waals surface area (Å²) in [4.78, 5) is 12.3. The first-order valence-corrected chi connectivity index (χ1v) is 6.77. The molecule has 0 fully saturated rings. The molecular weight excluding hydrogens is 240 g/mol. The van der Waals surface area contributed by atoms with Gasteiger partial charge >= 0.3 is 0 Å². The van der Waals surface area contributed by atoms with E-state index in [0.29, 0.717) is 25.6 Å². The summed E-state index contributed by atoms with van der Waals surface area (Å²) >= 11 is 0. The average Bonchev–Trinajstić information content (AvgIpc) is 2.44. The summed E-state index contributed by atoms with van der Waals surface area (Å²) in [5.74, 6) is 0.350. The van der Waals surface area contributed by atoms with Gasteiger partial charge < -0.3 is 15.4 Å². The number of benzene rings is 1. The molecule has 1 aliphatic heterocycles. The average molecular weight is 262 g/mol. The topological polar surface area (TPSA) is 50.4 Å². The van der Waals surface area contributed by atoms with Crippen molar-refractivity contribution in [3.05, 3.63) is 35.4 Å². The van der Waals surface area contributed by atoms with Gasteiger partial charge in [-0.15, -0.1) is 0 Å². The van der Waals surface area contributed by atoms with Crippen LogP contribution in [-0.2, 0) is 16.1 Å². The van der Waals surface area contributed by atoms with Gasteiger partial charge in [-0.2, -0.15) is 0 Å². The number of rotatable bonds is 5. The number of ether oxygens (including phenoxy) is 1. The third kappa shape index (κ3) is 3.55. The van der Waals surface area contributed by atoms with Crippen molar-refractivity contribution in [1.29, 1.82) is 0 Å². The van der Waals surface area contributed by atoms with Gasteiger partial charge in [-0.25, -0.2) is 0 Å². The summed E-state index contributed by atoms with van der Waals surface area (Å²) < 4.78 is 5.07. The zero-order valence-corrected chi connectivity index (χ0v) is 11.6. The molecule has 4 nitrogen and oxygen atoms in total. The van der Waals surface area contributed by atoms with Crippen LogP contribution in [0.2, 0.25) is 0 Å². The third-order valence-electron chi connectivity index (χ3n) is 3.49. The fourth-order valence-corrected chi connectivity index (χ4v) is 2.47. The summed E-state index contributed by atoms with van der Waals surface area (Å²) in [5, 5.41) is 6.32. The van der Waals surface area contributed by atoms with Crippen molar-refractivity contribution in [2.24, 2.45) is 5.92 Å². The van der Waals surface area contributed by atoms with Gasteiger partial charge in [0.25, 0.3) is 0 Å². The van der Waals surface area contributed by atoms with Gasteiger partial charge in [-0.05, 0) is 17.0 Å². The van der Waals surface area contributed by atoms with Crippen molar-refractivity contribution in [2.45, 2.75) is 19.4 Å². The number of carbonyl (C=O) groups is 1. The molecule has 2 N–H and O–H groups in total. The van der Waals surface area contributed by atoms with Crippen LogP contribution in [0.3, 0.4) is 0 Å². The first-order valence-electron chi connectivity index (χ1n) is 6.77. The van der Waals surface area contributed by atoms with Crippen molar-refractivity contribution in [3.8, 4) is 0 Å². The van der Waals surface area contributed by atoms with Crippen LogP contribution in [0.25, 0.3) is 0 Å². The van der Waals surface area contributed by atoms with Crippen molar-refractivity contribution in [2.75, 3.05) is 26.8 Å². The van der Waals surface area contributed by atoms with Crippen molar-refractivity contribution in [3.63, 3.8) is 0 Å². The highest BCUT2D eigenvalue weighted by Gasteiger charge is 2.25. The highest BCUT2D eigenvalue weighted by atomic mass is 16.5. The van der Waals surface area contributed by atoms with Crippen molar-refractivity contribution >= 4 is 5.91 Å². The van der Waals surface area contributed by atoms with Crippen LogP contribution in [0.1, 0.15) is 24.0 Å². The van der Waals surface area contributed by atoms with E-state index in [1.165, 1.54) is 5.56 Å². The first-order chi connectivity index (χ1) is 9.22. The van der Waals surface area contributed by atoms with Gasteiger partial charge in [0.15, 0.2) is 0 Å². The lowest BCUT2D eigenvalue weighted by atomic mass is 9.90. The van der Waals surface area contributed by atoms with E-state index in [4.69, 9.17) is 4.74 Å². The Morgan fingerprint density at radius 1 is 1.53 bits per heavy atom. The Bertz CT molecular complexity index is 434. The lowest BCUT2D eigenvalue weighted by molar-refractivity contribution is -0.122. The SMILES string of the molecule is COCC(C)CNC(=O)C1CNCc2ccccc21. The molecule has 4 heteroatoms. The standard InChI is InChI=1S/C15H22N2O2/c1-11(10-19-2)7-17-15(18)14-9-16-8-12-5-3-4-6-13(12)14/h3-6,11,14,16H,7-10H2,1-2H3,(H,17,18). The maximum absolute atomic E-state index is 12.3. The minimum atomic E-state index is -0.0836. The Morgan fingerprint density at radius 3 is 3.11 bits per heavy atom. The maximum atomic E-state index is 12.3. The molecule has 1 aromatic carbocycles. The molecule has 0 aromatic heterocycles. The number of methoxy groups -OCH3 is 1. The minimum absolute atomic E-state index is 0.0836. The Balaban J connectivity index is 1.97. The molecule has 104 valence electrons. The molecule has 1 heterocycles. The molecule has 0 spiro atoms. The predicted octanol–water partition coefficient (Wildman–Crippen LogP) is 1.27. The van der Waals surface area contributed by atoms with E-state index in [0.717, 1.165) is 12.1 Å². The summed E-state index contributed by atoms with van der Waals surface area (Å²) in [6.45, 7) is 4.95. The second kappa shape index (κ2) is 6.68. The molecule has 0 saturated heterocycles. The van der Waals surface area contributed by atoms with Gasteiger partial charge in [0, 0.05) is 26.7 Å². The predicted molar refractivity (Wildman–Crippen MR) is 74.9 cm³/mol. The van der Waals surface area contributed by atoms with E-state index in [9.17, 15) is 4.79 Å².